The van der Waals surface area contributed by atoms with Gasteiger partial charge < -0.3 is 20.2 Å². The van der Waals surface area contributed by atoms with Crippen molar-refractivity contribution in [2.24, 2.45) is 0 Å². The van der Waals surface area contributed by atoms with Gasteiger partial charge in [0.05, 0.1) is 11.6 Å². The Kier molecular flexibility index (Phi) is 7.14. The van der Waals surface area contributed by atoms with Gasteiger partial charge in [-0.15, -0.1) is 0 Å². The maximum atomic E-state index is 14.3. The Morgan fingerprint density at radius 2 is 1.91 bits per heavy atom. The molecule has 3 aliphatic rings. The summed E-state index contributed by atoms with van der Waals surface area (Å²) >= 11 is 0. The van der Waals surface area contributed by atoms with E-state index in [1.54, 1.807) is 25.1 Å². The molecule has 0 radical (unpaired) electrons. The summed E-state index contributed by atoms with van der Waals surface area (Å²) in [7, 11) is 3.20. The Morgan fingerprint density at radius 3 is 2.52 bits per heavy atom. The number of carbonyl (C=O) groups excluding carboxylic acids is 2. The Hall–Kier alpha value is -2.71. The summed E-state index contributed by atoms with van der Waals surface area (Å²) in [6.45, 7) is 3.02. The summed E-state index contributed by atoms with van der Waals surface area (Å²) in [6, 6.07) is 5.29. The molecule has 0 bridgehead atoms. The molecule has 2 fully saturated rings. The zero-order chi connectivity index (χ0) is 23.5. The van der Waals surface area contributed by atoms with Crippen LogP contribution in [0.4, 0.5) is 10.1 Å². The number of amides is 2. The number of nitrogens with one attached hydrogen (secondary N) is 1. The number of piperidine rings is 1. The molecular formula is C25H33FN4O3. The third-order valence-electron chi connectivity index (χ3n) is 6.75. The second kappa shape index (κ2) is 10.1. The first-order chi connectivity index (χ1) is 15.8. The minimum Gasteiger partial charge on any atom is -0.380 e. The Balaban J connectivity index is 1.22. The standard InChI is InChI=1S/C25H33FN4O3/c1-28(2)24(32)21-9-8-18(14-22(21)26)27-19-15-30(16-19)20-10-12-29(13-11-20)25(33)23(31)17-6-4-3-5-7-17/h4,6-9,14,19-20,23,27,31H,3,5,10-13,15-16H2,1-2H3. The van der Waals surface area contributed by atoms with Gasteiger partial charge >= 0.3 is 0 Å². The summed E-state index contributed by atoms with van der Waals surface area (Å²) in [5, 5.41) is 13.8. The highest BCUT2D eigenvalue weighted by Crippen LogP contribution is 2.26. The van der Waals surface area contributed by atoms with Gasteiger partial charge in [-0.25, -0.2) is 4.39 Å². The molecule has 2 amide bonds. The number of hydrogen-bond acceptors (Lipinski definition) is 5. The summed E-state index contributed by atoms with van der Waals surface area (Å²) in [4.78, 5) is 30.2. The van der Waals surface area contributed by atoms with Crippen molar-refractivity contribution in [3.8, 4) is 0 Å². The number of benzene rings is 1. The average molecular weight is 457 g/mol. The fourth-order valence-corrected chi connectivity index (χ4v) is 4.76. The van der Waals surface area contributed by atoms with Crippen molar-refractivity contribution in [2.45, 2.75) is 43.9 Å². The summed E-state index contributed by atoms with van der Waals surface area (Å²) in [5.74, 6) is -1.07. The van der Waals surface area contributed by atoms with Crippen LogP contribution >= 0.6 is 0 Å². The van der Waals surface area contributed by atoms with Crippen LogP contribution in [-0.2, 0) is 4.79 Å². The fourth-order valence-electron chi connectivity index (χ4n) is 4.76. The molecule has 4 rings (SSSR count). The number of aliphatic hydroxyl groups is 1. The number of aliphatic hydroxyl groups excluding tert-OH is 1. The van der Waals surface area contributed by atoms with Gasteiger partial charge in [0.2, 0.25) is 0 Å². The average Bonchev–Trinajstić information content (AvgIpc) is 2.80. The third-order valence-corrected chi connectivity index (χ3v) is 6.75. The van der Waals surface area contributed by atoms with Gasteiger partial charge in [0.15, 0.2) is 6.10 Å². The van der Waals surface area contributed by atoms with Crippen LogP contribution in [0.5, 0.6) is 0 Å². The molecule has 1 aromatic carbocycles. The number of hydrogen-bond donors (Lipinski definition) is 2. The summed E-state index contributed by atoms with van der Waals surface area (Å²) in [5.41, 5.74) is 1.46. The number of likely N-dealkylation sites (tertiary alicyclic amines) is 2. The van der Waals surface area contributed by atoms with Crippen LogP contribution < -0.4 is 5.32 Å². The molecule has 8 heteroatoms. The predicted octanol–water partition coefficient (Wildman–Crippen LogP) is 2.25. The molecule has 1 aromatic rings. The molecule has 2 N–H and O–H groups in total. The van der Waals surface area contributed by atoms with E-state index < -0.39 is 11.9 Å². The predicted molar refractivity (Wildman–Crippen MR) is 125 cm³/mol. The van der Waals surface area contributed by atoms with Gasteiger partial charge in [-0.05, 0) is 49.5 Å². The molecule has 2 aliphatic heterocycles. The molecule has 2 saturated heterocycles. The van der Waals surface area contributed by atoms with Crippen LogP contribution in [0.2, 0.25) is 0 Å². The number of rotatable bonds is 6. The monoisotopic (exact) mass is 456 g/mol. The van der Waals surface area contributed by atoms with E-state index in [0.29, 0.717) is 30.4 Å². The van der Waals surface area contributed by atoms with Crippen molar-refractivity contribution in [1.82, 2.24) is 14.7 Å². The molecule has 1 aliphatic carbocycles. The quantitative estimate of drug-likeness (QED) is 0.687. The zero-order valence-electron chi connectivity index (χ0n) is 19.3. The van der Waals surface area contributed by atoms with Crippen molar-refractivity contribution >= 4 is 17.5 Å². The lowest BCUT2D eigenvalue weighted by molar-refractivity contribution is -0.140. The van der Waals surface area contributed by atoms with Gasteiger partial charge in [-0.1, -0.05) is 18.2 Å². The molecule has 1 unspecified atom stereocenters. The van der Waals surface area contributed by atoms with Crippen LogP contribution in [0.1, 0.15) is 36.0 Å². The van der Waals surface area contributed by atoms with Crippen LogP contribution in [0.3, 0.4) is 0 Å². The van der Waals surface area contributed by atoms with Gasteiger partial charge in [0.25, 0.3) is 11.8 Å². The first-order valence-electron chi connectivity index (χ1n) is 11.7. The molecule has 33 heavy (non-hydrogen) atoms. The number of anilines is 1. The fraction of sp³-hybridized carbons (Fsp3) is 0.520. The van der Waals surface area contributed by atoms with Crippen molar-refractivity contribution in [2.75, 3.05) is 45.6 Å². The van der Waals surface area contributed by atoms with Crippen LogP contribution in [0.15, 0.2) is 42.0 Å². The lowest BCUT2D eigenvalue weighted by Crippen LogP contribution is -2.60. The van der Waals surface area contributed by atoms with Gasteiger partial charge in [0.1, 0.15) is 5.82 Å². The summed E-state index contributed by atoms with van der Waals surface area (Å²) in [6.07, 6.45) is 8.33. The van der Waals surface area contributed by atoms with Gasteiger partial charge in [-0.2, -0.15) is 0 Å². The molecule has 1 atom stereocenters. The second-order valence-electron chi connectivity index (χ2n) is 9.33. The Bertz CT molecular complexity index is 947. The Labute approximate surface area is 194 Å². The molecule has 0 saturated carbocycles. The molecule has 0 spiro atoms. The van der Waals surface area contributed by atoms with E-state index in [9.17, 15) is 19.1 Å². The largest absolute Gasteiger partial charge is 0.380 e. The first kappa shape index (κ1) is 23.4. The topological polar surface area (TPSA) is 76.1 Å². The second-order valence-corrected chi connectivity index (χ2v) is 9.33. The minimum atomic E-state index is -1.06. The lowest BCUT2D eigenvalue weighted by atomic mass is 9.96. The maximum Gasteiger partial charge on any atom is 0.256 e. The summed E-state index contributed by atoms with van der Waals surface area (Å²) < 4.78 is 14.3. The number of allylic oxidation sites excluding steroid dienone is 2. The van der Waals surface area contributed by atoms with Crippen LogP contribution in [0.25, 0.3) is 0 Å². The highest BCUT2D eigenvalue weighted by molar-refractivity contribution is 5.94. The minimum absolute atomic E-state index is 0.0722. The number of carbonyl (C=O) groups is 2. The molecule has 0 aromatic heterocycles. The first-order valence-corrected chi connectivity index (χ1v) is 11.7. The molecule has 2 heterocycles. The third kappa shape index (κ3) is 5.28. The maximum absolute atomic E-state index is 14.3. The van der Waals surface area contributed by atoms with E-state index in [4.69, 9.17) is 0 Å². The van der Waals surface area contributed by atoms with E-state index in [0.717, 1.165) is 38.8 Å². The lowest BCUT2D eigenvalue weighted by Gasteiger charge is -2.47. The van der Waals surface area contributed by atoms with E-state index in [2.05, 4.69) is 10.2 Å². The normalized spacial score (nSPS) is 20.7. The Morgan fingerprint density at radius 1 is 1.18 bits per heavy atom. The van der Waals surface area contributed by atoms with Gasteiger partial charge in [0, 0.05) is 52.0 Å². The zero-order valence-corrected chi connectivity index (χ0v) is 19.3. The van der Waals surface area contributed by atoms with Crippen molar-refractivity contribution in [3.05, 3.63) is 53.4 Å². The van der Waals surface area contributed by atoms with Crippen molar-refractivity contribution in [1.29, 1.82) is 0 Å². The SMILES string of the molecule is CN(C)C(=O)c1ccc(NC2CN(C3CCN(C(=O)C(O)C4=CCCC=C4)CC3)C2)cc1F. The number of nitrogens with zero attached hydrogens (tertiary/aromatic N) is 3. The number of halogens is 1. The molecular weight excluding hydrogens is 423 g/mol. The smallest absolute Gasteiger partial charge is 0.256 e. The van der Waals surface area contributed by atoms with E-state index in [1.165, 1.54) is 17.0 Å². The van der Waals surface area contributed by atoms with Gasteiger partial charge in [-0.3, -0.25) is 14.5 Å². The van der Waals surface area contributed by atoms with Crippen molar-refractivity contribution < 1.29 is 19.1 Å². The highest BCUT2D eigenvalue weighted by Gasteiger charge is 2.36. The van der Waals surface area contributed by atoms with E-state index in [1.807, 2.05) is 18.2 Å². The molecule has 7 nitrogen and oxygen atoms in total. The van der Waals surface area contributed by atoms with Crippen LogP contribution in [-0.4, -0.2) is 90.1 Å². The molecule has 178 valence electrons. The van der Waals surface area contributed by atoms with E-state index in [-0.39, 0.29) is 23.4 Å². The highest BCUT2D eigenvalue weighted by atomic mass is 19.1. The van der Waals surface area contributed by atoms with E-state index >= 15 is 0 Å². The van der Waals surface area contributed by atoms with Crippen molar-refractivity contribution in [3.63, 3.8) is 0 Å². The van der Waals surface area contributed by atoms with Crippen LogP contribution in [0, 0.1) is 5.82 Å².